The van der Waals surface area contributed by atoms with E-state index >= 15 is 0 Å². The van der Waals surface area contributed by atoms with Gasteiger partial charge in [0, 0.05) is 37.3 Å². The molecular weight excluding hydrogens is 340 g/mol. The summed E-state index contributed by atoms with van der Waals surface area (Å²) >= 11 is 0. The van der Waals surface area contributed by atoms with Crippen molar-refractivity contribution in [3.8, 4) is 11.5 Å². The lowest BCUT2D eigenvalue weighted by molar-refractivity contribution is 0.0664. The molecule has 5 heteroatoms. The normalized spacial score (nSPS) is 14.9. The van der Waals surface area contributed by atoms with Gasteiger partial charge in [-0.3, -0.25) is 4.79 Å². The summed E-state index contributed by atoms with van der Waals surface area (Å²) < 4.78 is 11.4. The quantitative estimate of drug-likeness (QED) is 0.812. The van der Waals surface area contributed by atoms with Gasteiger partial charge in [0.1, 0.15) is 18.1 Å². The summed E-state index contributed by atoms with van der Waals surface area (Å²) in [6.07, 6.45) is 0. The molecule has 27 heavy (non-hydrogen) atoms. The van der Waals surface area contributed by atoms with E-state index in [0.29, 0.717) is 12.2 Å². The van der Waals surface area contributed by atoms with Crippen LogP contribution in [0.4, 0.5) is 0 Å². The van der Waals surface area contributed by atoms with Crippen LogP contribution in [0, 0.1) is 13.8 Å². The fraction of sp³-hybridized carbons (Fsp3) is 0.409. The second-order valence-electron chi connectivity index (χ2n) is 7.23. The lowest BCUT2D eigenvalue weighted by atomic mass is 10.1. The van der Waals surface area contributed by atoms with E-state index in [0.717, 1.165) is 54.4 Å². The van der Waals surface area contributed by atoms with E-state index in [2.05, 4.69) is 31.9 Å². The Hall–Kier alpha value is -2.53. The minimum absolute atomic E-state index is 0.0680. The van der Waals surface area contributed by atoms with E-state index < -0.39 is 0 Å². The summed E-state index contributed by atoms with van der Waals surface area (Å²) in [5.74, 6) is 1.62. The maximum absolute atomic E-state index is 12.8. The van der Waals surface area contributed by atoms with E-state index in [1.54, 1.807) is 7.11 Å². The first-order valence-corrected chi connectivity index (χ1v) is 9.32. The molecule has 2 aromatic carbocycles. The Labute approximate surface area is 161 Å². The van der Waals surface area contributed by atoms with Crippen molar-refractivity contribution in [3.05, 3.63) is 58.7 Å². The van der Waals surface area contributed by atoms with Crippen molar-refractivity contribution in [2.75, 3.05) is 40.3 Å². The van der Waals surface area contributed by atoms with Gasteiger partial charge in [-0.15, -0.1) is 0 Å². The zero-order valence-electron chi connectivity index (χ0n) is 16.6. The molecule has 1 amide bonds. The number of hydrogen-bond donors (Lipinski definition) is 0. The van der Waals surface area contributed by atoms with Gasteiger partial charge in [0.05, 0.1) is 7.11 Å². The maximum Gasteiger partial charge on any atom is 0.253 e. The summed E-state index contributed by atoms with van der Waals surface area (Å²) in [5.41, 5.74) is 3.88. The predicted molar refractivity (Wildman–Crippen MR) is 107 cm³/mol. The van der Waals surface area contributed by atoms with Crippen molar-refractivity contribution in [2.45, 2.75) is 20.5 Å². The van der Waals surface area contributed by atoms with Gasteiger partial charge in [0.2, 0.25) is 0 Å². The highest BCUT2D eigenvalue weighted by Crippen LogP contribution is 2.24. The van der Waals surface area contributed by atoms with Gasteiger partial charge in [-0.25, -0.2) is 0 Å². The van der Waals surface area contributed by atoms with Crippen LogP contribution in [0.25, 0.3) is 0 Å². The van der Waals surface area contributed by atoms with E-state index in [1.165, 1.54) is 0 Å². The van der Waals surface area contributed by atoms with Crippen LogP contribution in [0.2, 0.25) is 0 Å². The van der Waals surface area contributed by atoms with Gasteiger partial charge >= 0.3 is 0 Å². The van der Waals surface area contributed by atoms with Crippen molar-refractivity contribution in [1.29, 1.82) is 0 Å². The monoisotopic (exact) mass is 368 g/mol. The van der Waals surface area contributed by atoms with Crippen molar-refractivity contribution < 1.29 is 14.3 Å². The Morgan fingerprint density at radius 3 is 2.30 bits per heavy atom. The summed E-state index contributed by atoms with van der Waals surface area (Å²) in [7, 11) is 3.72. The summed E-state index contributed by atoms with van der Waals surface area (Å²) in [5, 5.41) is 0. The molecule has 0 bridgehead atoms. The molecule has 0 aliphatic carbocycles. The molecule has 0 unspecified atom stereocenters. The van der Waals surface area contributed by atoms with E-state index in [9.17, 15) is 4.79 Å². The fourth-order valence-corrected chi connectivity index (χ4v) is 3.39. The van der Waals surface area contributed by atoms with Crippen molar-refractivity contribution in [3.63, 3.8) is 0 Å². The highest BCUT2D eigenvalue weighted by Gasteiger charge is 2.21. The summed E-state index contributed by atoms with van der Waals surface area (Å²) in [6, 6.07) is 11.7. The van der Waals surface area contributed by atoms with E-state index in [-0.39, 0.29) is 5.91 Å². The first kappa shape index (κ1) is 19.2. The smallest absolute Gasteiger partial charge is 0.253 e. The number of ether oxygens (including phenoxy) is 2. The van der Waals surface area contributed by atoms with Crippen molar-refractivity contribution in [2.24, 2.45) is 0 Å². The van der Waals surface area contributed by atoms with Gasteiger partial charge in [-0.1, -0.05) is 6.07 Å². The van der Waals surface area contributed by atoms with E-state index in [1.807, 2.05) is 35.2 Å². The van der Waals surface area contributed by atoms with Crippen molar-refractivity contribution in [1.82, 2.24) is 9.80 Å². The SMILES string of the molecule is COc1ccc(C(=O)N2CCN(C)CC2)cc1COc1cc(C)cc(C)c1. The molecule has 144 valence electrons. The van der Waals surface area contributed by atoms with Gasteiger partial charge in [0.15, 0.2) is 0 Å². The molecule has 1 saturated heterocycles. The number of amides is 1. The van der Waals surface area contributed by atoms with Crippen LogP contribution in [0.5, 0.6) is 11.5 Å². The number of aryl methyl sites for hydroxylation is 2. The maximum atomic E-state index is 12.8. The van der Waals surface area contributed by atoms with Gasteiger partial charge in [-0.2, -0.15) is 0 Å². The molecule has 1 fully saturated rings. The first-order valence-electron chi connectivity index (χ1n) is 9.32. The summed E-state index contributed by atoms with van der Waals surface area (Å²) in [6.45, 7) is 7.79. The van der Waals surface area contributed by atoms with Gasteiger partial charge in [0.25, 0.3) is 5.91 Å². The molecule has 0 spiro atoms. The molecule has 5 nitrogen and oxygen atoms in total. The molecule has 0 aromatic heterocycles. The van der Waals surface area contributed by atoms with Crippen LogP contribution >= 0.6 is 0 Å². The van der Waals surface area contributed by atoms with Crippen LogP contribution < -0.4 is 9.47 Å². The average Bonchev–Trinajstić information content (AvgIpc) is 2.65. The average molecular weight is 368 g/mol. The van der Waals surface area contributed by atoms with Gasteiger partial charge in [-0.05, 0) is 62.4 Å². The largest absolute Gasteiger partial charge is 0.496 e. The lowest BCUT2D eigenvalue weighted by Crippen LogP contribution is -2.47. The standard InChI is InChI=1S/C22H28N2O3/c1-16-11-17(2)13-20(12-16)27-15-19-14-18(5-6-21(19)26-4)22(25)24-9-7-23(3)8-10-24/h5-6,11-14H,7-10,15H2,1-4H3. The Bertz CT molecular complexity index is 791. The number of carbonyl (C=O) groups is 1. The molecule has 0 N–H and O–H groups in total. The third-order valence-corrected chi connectivity index (χ3v) is 4.91. The zero-order valence-corrected chi connectivity index (χ0v) is 16.6. The second-order valence-corrected chi connectivity index (χ2v) is 7.23. The minimum atomic E-state index is 0.0680. The van der Waals surface area contributed by atoms with Gasteiger partial charge < -0.3 is 19.3 Å². The molecule has 0 radical (unpaired) electrons. The van der Waals surface area contributed by atoms with Crippen LogP contribution in [0.3, 0.4) is 0 Å². The predicted octanol–water partition coefficient (Wildman–Crippen LogP) is 3.28. The van der Waals surface area contributed by atoms with Crippen molar-refractivity contribution >= 4 is 5.91 Å². The zero-order chi connectivity index (χ0) is 19.4. The third-order valence-electron chi connectivity index (χ3n) is 4.91. The first-order chi connectivity index (χ1) is 13.0. The Morgan fingerprint density at radius 1 is 1.00 bits per heavy atom. The number of likely N-dealkylation sites (N-methyl/N-ethyl adjacent to an activating group) is 1. The second kappa shape index (κ2) is 8.44. The fourth-order valence-electron chi connectivity index (χ4n) is 3.39. The van der Waals surface area contributed by atoms with E-state index in [4.69, 9.17) is 9.47 Å². The molecule has 1 heterocycles. The Morgan fingerprint density at radius 2 is 1.67 bits per heavy atom. The number of methoxy groups -OCH3 is 1. The molecule has 0 atom stereocenters. The van der Waals surface area contributed by atoms with Crippen LogP contribution in [0.1, 0.15) is 27.0 Å². The number of piperazine rings is 1. The minimum Gasteiger partial charge on any atom is -0.496 e. The van der Waals surface area contributed by atoms with Crippen LogP contribution in [0.15, 0.2) is 36.4 Å². The third kappa shape index (κ3) is 4.80. The highest BCUT2D eigenvalue weighted by molar-refractivity contribution is 5.94. The molecule has 1 aliphatic heterocycles. The van der Waals surface area contributed by atoms with Crippen LogP contribution in [-0.2, 0) is 6.61 Å². The summed E-state index contributed by atoms with van der Waals surface area (Å²) in [4.78, 5) is 17.0. The number of benzene rings is 2. The highest BCUT2D eigenvalue weighted by atomic mass is 16.5. The topological polar surface area (TPSA) is 42.0 Å². The number of rotatable bonds is 5. The number of nitrogens with zero attached hydrogens (tertiary/aromatic N) is 2. The Balaban J connectivity index is 1.76. The molecule has 1 aliphatic rings. The number of carbonyl (C=O) groups excluding carboxylic acids is 1. The number of hydrogen-bond acceptors (Lipinski definition) is 4. The Kier molecular flexibility index (Phi) is 6.01. The lowest BCUT2D eigenvalue weighted by Gasteiger charge is -2.32. The molecular formula is C22H28N2O3. The molecule has 2 aromatic rings. The molecule has 3 rings (SSSR count). The molecule has 0 saturated carbocycles. The van der Waals surface area contributed by atoms with Crippen LogP contribution in [-0.4, -0.2) is 56.0 Å².